The van der Waals surface area contributed by atoms with Crippen molar-refractivity contribution in [2.75, 3.05) is 11.9 Å². The largest absolute Gasteiger partial charge is 0.327 e. The van der Waals surface area contributed by atoms with E-state index in [-0.39, 0.29) is 11.9 Å². The van der Waals surface area contributed by atoms with Gasteiger partial charge in [0.05, 0.1) is 11.9 Å². The molecule has 0 aliphatic rings. The van der Waals surface area contributed by atoms with E-state index in [9.17, 15) is 4.79 Å². The molecule has 0 spiro atoms. The van der Waals surface area contributed by atoms with Gasteiger partial charge in [-0.1, -0.05) is 6.92 Å². The monoisotopic (exact) mass is 207 g/mol. The summed E-state index contributed by atoms with van der Waals surface area (Å²) in [5.41, 5.74) is 6.52. The summed E-state index contributed by atoms with van der Waals surface area (Å²) in [5.74, 6) is 0.0253. The minimum Gasteiger partial charge on any atom is -0.327 e. The average Bonchev–Trinajstić information content (AvgIpc) is 2.29. The Bertz CT molecular complexity index is 313. The third-order valence-corrected chi connectivity index (χ3v) is 2.37. The third-order valence-electron chi connectivity index (χ3n) is 2.37. The van der Waals surface area contributed by atoms with Crippen molar-refractivity contribution < 1.29 is 4.79 Å². The Balaban J connectivity index is 2.61. The van der Waals surface area contributed by atoms with Crippen molar-refractivity contribution in [3.8, 4) is 0 Å². The van der Waals surface area contributed by atoms with Crippen LogP contribution >= 0.6 is 0 Å². The summed E-state index contributed by atoms with van der Waals surface area (Å²) in [5, 5.41) is 0. The van der Waals surface area contributed by atoms with E-state index in [0.29, 0.717) is 6.42 Å². The summed E-state index contributed by atoms with van der Waals surface area (Å²) in [4.78, 5) is 17.3. The number of nitrogens with zero attached hydrogens (tertiary/aromatic N) is 2. The smallest absolute Gasteiger partial charge is 0.228 e. The van der Waals surface area contributed by atoms with Crippen molar-refractivity contribution >= 4 is 11.6 Å². The van der Waals surface area contributed by atoms with Gasteiger partial charge in [0.25, 0.3) is 0 Å². The van der Waals surface area contributed by atoms with Crippen molar-refractivity contribution in [3.63, 3.8) is 0 Å². The van der Waals surface area contributed by atoms with Crippen LogP contribution in [0.3, 0.4) is 0 Å². The molecule has 1 rings (SSSR count). The number of hydrogen-bond acceptors (Lipinski definition) is 3. The van der Waals surface area contributed by atoms with Gasteiger partial charge in [-0.25, -0.2) is 0 Å². The first kappa shape index (κ1) is 11.7. The van der Waals surface area contributed by atoms with Gasteiger partial charge in [-0.2, -0.15) is 0 Å². The van der Waals surface area contributed by atoms with Crippen LogP contribution in [0.15, 0.2) is 24.5 Å². The minimum absolute atomic E-state index is 0.0253. The first-order valence-electron chi connectivity index (χ1n) is 5.07. The Morgan fingerprint density at radius 1 is 1.67 bits per heavy atom. The maximum Gasteiger partial charge on any atom is 0.228 e. The molecule has 4 nitrogen and oxygen atoms in total. The standard InChI is InChI=1S/C11H17N3O/c1-3-9(12)7-11(15)14(2)10-5-4-6-13-8-10/h4-6,8-9H,3,7,12H2,1-2H3. The van der Waals surface area contributed by atoms with Crippen molar-refractivity contribution in [1.82, 2.24) is 4.98 Å². The van der Waals surface area contributed by atoms with Crippen molar-refractivity contribution in [3.05, 3.63) is 24.5 Å². The predicted molar refractivity (Wildman–Crippen MR) is 60.5 cm³/mol. The highest BCUT2D eigenvalue weighted by Crippen LogP contribution is 2.11. The summed E-state index contributed by atoms with van der Waals surface area (Å²) in [6, 6.07) is 3.60. The molecule has 1 heterocycles. The summed E-state index contributed by atoms with van der Waals surface area (Å²) in [7, 11) is 1.74. The highest BCUT2D eigenvalue weighted by molar-refractivity contribution is 5.92. The van der Waals surface area contributed by atoms with E-state index >= 15 is 0 Å². The number of amides is 1. The SMILES string of the molecule is CCC(N)CC(=O)N(C)c1cccnc1. The number of pyridine rings is 1. The molecule has 0 aliphatic heterocycles. The number of rotatable bonds is 4. The van der Waals surface area contributed by atoms with E-state index in [1.807, 2.05) is 13.0 Å². The Labute approximate surface area is 90.1 Å². The molecule has 0 saturated heterocycles. The minimum atomic E-state index is -0.0587. The molecule has 15 heavy (non-hydrogen) atoms. The van der Waals surface area contributed by atoms with E-state index in [2.05, 4.69) is 4.98 Å². The fraction of sp³-hybridized carbons (Fsp3) is 0.455. The number of carbonyl (C=O) groups excluding carboxylic acids is 1. The van der Waals surface area contributed by atoms with Gasteiger partial charge in [-0.3, -0.25) is 9.78 Å². The third kappa shape index (κ3) is 3.32. The highest BCUT2D eigenvalue weighted by atomic mass is 16.2. The molecule has 82 valence electrons. The Hall–Kier alpha value is -1.42. The lowest BCUT2D eigenvalue weighted by Gasteiger charge is -2.18. The molecular formula is C11H17N3O. The Morgan fingerprint density at radius 2 is 2.40 bits per heavy atom. The molecule has 4 heteroatoms. The maximum atomic E-state index is 11.7. The van der Waals surface area contributed by atoms with Gasteiger partial charge in [0.15, 0.2) is 0 Å². The van der Waals surface area contributed by atoms with Crippen molar-refractivity contribution in [2.45, 2.75) is 25.8 Å². The average molecular weight is 207 g/mol. The van der Waals surface area contributed by atoms with Crippen LogP contribution in [0.4, 0.5) is 5.69 Å². The lowest BCUT2D eigenvalue weighted by atomic mass is 10.1. The molecule has 0 saturated carbocycles. The van der Waals surface area contributed by atoms with Crippen LogP contribution in [-0.2, 0) is 4.79 Å². The van der Waals surface area contributed by atoms with Crippen LogP contribution in [0.1, 0.15) is 19.8 Å². The van der Waals surface area contributed by atoms with Gasteiger partial charge in [0.2, 0.25) is 5.91 Å². The maximum absolute atomic E-state index is 11.7. The van der Waals surface area contributed by atoms with E-state index in [1.165, 1.54) is 0 Å². The van der Waals surface area contributed by atoms with Crippen molar-refractivity contribution in [2.24, 2.45) is 5.73 Å². The first-order valence-corrected chi connectivity index (χ1v) is 5.07. The highest BCUT2D eigenvalue weighted by Gasteiger charge is 2.13. The molecule has 1 unspecified atom stereocenters. The van der Waals surface area contributed by atoms with Crippen LogP contribution in [-0.4, -0.2) is 24.0 Å². The second kappa shape index (κ2) is 5.46. The van der Waals surface area contributed by atoms with Crippen LogP contribution in [0.2, 0.25) is 0 Å². The van der Waals surface area contributed by atoms with Crippen LogP contribution in [0, 0.1) is 0 Å². The second-order valence-electron chi connectivity index (χ2n) is 3.54. The molecule has 1 aromatic rings. The summed E-state index contributed by atoms with van der Waals surface area (Å²) in [6.45, 7) is 1.97. The Kier molecular flexibility index (Phi) is 4.24. The van der Waals surface area contributed by atoms with Crippen LogP contribution < -0.4 is 10.6 Å². The molecular weight excluding hydrogens is 190 g/mol. The van der Waals surface area contributed by atoms with Crippen molar-refractivity contribution in [1.29, 1.82) is 0 Å². The molecule has 0 radical (unpaired) electrons. The summed E-state index contributed by atoms with van der Waals surface area (Å²) in [6.07, 6.45) is 4.53. The number of anilines is 1. The summed E-state index contributed by atoms with van der Waals surface area (Å²) < 4.78 is 0. The van der Waals surface area contributed by atoms with Gasteiger partial charge in [0.1, 0.15) is 0 Å². The fourth-order valence-electron chi connectivity index (χ4n) is 1.20. The van der Waals surface area contributed by atoms with E-state index in [0.717, 1.165) is 12.1 Å². The quantitative estimate of drug-likeness (QED) is 0.806. The summed E-state index contributed by atoms with van der Waals surface area (Å²) >= 11 is 0. The second-order valence-corrected chi connectivity index (χ2v) is 3.54. The molecule has 0 aromatic carbocycles. The first-order chi connectivity index (χ1) is 7.15. The number of carbonyl (C=O) groups is 1. The van der Waals surface area contributed by atoms with E-state index in [1.54, 1.807) is 30.4 Å². The topological polar surface area (TPSA) is 59.2 Å². The zero-order chi connectivity index (χ0) is 11.3. The zero-order valence-corrected chi connectivity index (χ0v) is 9.18. The fourth-order valence-corrected chi connectivity index (χ4v) is 1.20. The lowest BCUT2D eigenvalue weighted by molar-refractivity contribution is -0.118. The molecule has 2 N–H and O–H groups in total. The molecule has 1 amide bonds. The van der Waals surface area contributed by atoms with Gasteiger partial charge in [-0.05, 0) is 18.6 Å². The van der Waals surface area contributed by atoms with Gasteiger partial charge < -0.3 is 10.6 Å². The number of aromatic nitrogens is 1. The molecule has 0 aliphatic carbocycles. The molecule has 0 bridgehead atoms. The number of hydrogen-bond donors (Lipinski definition) is 1. The Morgan fingerprint density at radius 3 is 2.93 bits per heavy atom. The zero-order valence-electron chi connectivity index (χ0n) is 9.18. The molecule has 0 fully saturated rings. The van der Waals surface area contributed by atoms with Gasteiger partial charge in [-0.15, -0.1) is 0 Å². The normalized spacial score (nSPS) is 12.2. The predicted octanol–water partition coefficient (Wildman–Crippen LogP) is 1.17. The lowest BCUT2D eigenvalue weighted by Crippen LogP contribution is -2.32. The van der Waals surface area contributed by atoms with Crippen LogP contribution in [0.25, 0.3) is 0 Å². The molecule has 1 aromatic heterocycles. The van der Waals surface area contributed by atoms with Gasteiger partial charge >= 0.3 is 0 Å². The van der Waals surface area contributed by atoms with Gasteiger partial charge in [0, 0.05) is 25.7 Å². The van der Waals surface area contributed by atoms with Crippen LogP contribution in [0.5, 0.6) is 0 Å². The van der Waals surface area contributed by atoms with E-state index < -0.39 is 0 Å². The molecule has 1 atom stereocenters. The van der Waals surface area contributed by atoms with E-state index in [4.69, 9.17) is 5.73 Å². The number of nitrogens with two attached hydrogens (primary N) is 1.